The van der Waals surface area contributed by atoms with E-state index in [0.717, 1.165) is 0 Å². The van der Waals surface area contributed by atoms with Crippen LogP contribution in [0.3, 0.4) is 0 Å². The molecule has 2 atom stereocenters. The Morgan fingerprint density at radius 1 is 1.40 bits per heavy atom. The number of nitrogens with zero attached hydrogens (tertiary/aromatic N) is 1. The maximum atomic E-state index is 12.7. The summed E-state index contributed by atoms with van der Waals surface area (Å²) in [6.07, 6.45) is -8.25. The van der Waals surface area contributed by atoms with Gasteiger partial charge in [0.25, 0.3) is 0 Å². The molecule has 0 saturated carbocycles. The van der Waals surface area contributed by atoms with Crippen LogP contribution in [0.5, 0.6) is 0 Å². The van der Waals surface area contributed by atoms with E-state index in [-0.39, 0.29) is 5.56 Å². The number of amides is 3. The number of alkyl halides is 3. The third-order valence-electron chi connectivity index (χ3n) is 3.71. The molecule has 12 heteroatoms. The van der Waals surface area contributed by atoms with Crippen molar-refractivity contribution in [3.05, 3.63) is 34.9 Å². The van der Waals surface area contributed by atoms with Gasteiger partial charge in [-0.15, -0.1) is 0 Å². The van der Waals surface area contributed by atoms with Crippen molar-refractivity contribution in [2.24, 2.45) is 5.84 Å². The first-order chi connectivity index (χ1) is 11.6. The van der Waals surface area contributed by atoms with E-state index in [9.17, 15) is 27.9 Å². The second-order valence-corrected chi connectivity index (χ2v) is 5.77. The van der Waals surface area contributed by atoms with Crippen LogP contribution in [-0.4, -0.2) is 40.8 Å². The number of aliphatic hydroxyl groups excluding tert-OH is 1. The molecular formula is C13H15ClF3N5O3. The number of rotatable bonds is 5. The summed E-state index contributed by atoms with van der Waals surface area (Å²) < 4.78 is 38.2. The van der Waals surface area contributed by atoms with E-state index in [1.165, 1.54) is 24.3 Å². The summed E-state index contributed by atoms with van der Waals surface area (Å²) in [5.41, 5.74) is 5.12. The highest BCUT2D eigenvalue weighted by atomic mass is 35.5. The lowest BCUT2D eigenvalue weighted by atomic mass is 9.94. The van der Waals surface area contributed by atoms with Gasteiger partial charge in [-0.25, -0.2) is 16.1 Å². The number of hydrazine groups is 2. The van der Waals surface area contributed by atoms with Crippen molar-refractivity contribution in [3.63, 3.8) is 0 Å². The molecule has 6 N–H and O–H groups in total. The number of carbonyl (C=O) groups excluding carboxylic acids is 2. The molecule has 0 aromatic heterocycles. The van der Waals surface area contributed by atoms with Gasteiger partial charge in [-0.1, -0.05) is 23.7 Å². The third kappa shape index (κ3) is 3.95. The Kier molecular flexibility index (Phi) is 5.42. The van der Waals surface area contributed by atoms with Gasteiger partial charge in [0, 0.05) is 5.02 Å². The number of nitrogens with two attached hydrogens (primary N) is 1. The van der Waals surface area contributed by atoms with Gasteiger partial charge in [-0.3, -0.25) is 20.5 Å². The second kappa shape index (κ2) is 7.04. The Hall–Kier alpha value is -2.08. The van der Waals surface area contributed by atoms with Gasteiger partial charge in [-0.05, 0) is 17.7 Å². The van der Waals surface area contributed by atoms with Crippen LogP contribution in [0.2, 0.25) is 5.02 Å². The minimum Gasteiger partial charge on any atom is -0.382 e. The van der Waals surface area contributed by atoms with Gasteiger partial charge in [0.2, 0.25) is 5.91 Å². The number of carbonyl (C=O) groups is 2. The number of hydrogen-bond acceptors (Lipinski definition) is 5. The monoisotopic (exact) mass is 381 g/mol. The van der Waals surface area contributed by atoms with E-state index in [2.05, 4.69) is 10.9 Å². The first-order valence-corrected chi connectivity index (χ1v) is 7.33. The first kappa shape index (κ1) is 19.2. The van der Waals surface area contributed by atoms with Crippen molar-refractivity contribution >= 4 is 23.5 Å². The Morgan fingerprint density at radius 2 is 2.00 bits per heavy atom. The fourth-order valence-electron chi connectivity index (χ4n) is 2.46. The SMILES string of the molecule is NNC(=O)CC1(c2ccc(Cl)cc2)NNC(=O)N1CC(O)C(F)(F)F. The number of halogens is 4. The van der Waals surface area contributed by atoms with Crippen LogP contribution in [-0.2, 0) is 10.5 Å². The van der Waals surface area contributed by atoms with E-state index in [0.29, 0.717) is 9.92 Å². The molecule has 1 fully saturated rings. The highest BCUT2D eigenvalue weighted by molar-refractivity contribution is 6.30. The van der Waals surface area contributed by atoms with E-state index in [1.807, 2.05) is 5.43 Å². The topological polar surface area (TPSA) is 120 Å². The highest BCUT2D eigenvalue weighted by Gasteiger charge is 2.51. The second-order valence-electron chi connectivity index (χ2n) is 5.33. The van der Waals surface area contributed by atoms with Gasteiger partial charge in [0.05, 0.1) is 13.0 Å². The molecule has 3 amide bonds. The molecule has 0 radical (unpaired) electrons. The first-order valence-electron chi connectivity index (χ1n) is 6.95. The average molecular weight is 382 g/mol. The van der Waals surface area contributed by atoms with E-state index in [1.54, 1.807) is 0 Å². The number of aliphatic hydroxyl groups is 1. The molecule has 0 spiro atoms. The Balaban J connectivity index is 2.46. The largest absolute Gasteiger partial charge is 0.416 e. The van der Waals surface area contributed by atoms with Gasteiger partial charge >= 0.3 is 12.2 Å². The van der Waals surface area contributed by atoms with Gasteiger partial charge in [0.15, 0.2) is 6.10 Å². The molecule has 2 rings (SSSR count). The minimum absolute atomic E-state index is 0.272. The predicted octanol–water partition coefficient (Wildman–Crippen LogP) is 0.326. The molecule has 0 aliphatic carbocycles. The quantitative estimate of drug-likeness (QED) is 0.286. The lowest BCUT2D eigenvalue weighted by Crippen LogP contribution is -2.56. The Labute approximate surface area is 145 Å². The van der Waals surface area contributed by atoms with Crippen molar-refractivity contribution in [1.29, 1.82) is 0 Å². The molecule has 0 bridgehead atoms. The number of urea groups is 1. The zero-order chi connectivity index (χ0) is 18.8. The number of benzene rings is 1. The molecule has 8 nitrogen and oxygen atoms in total. The zero-order valence-corrected chi connectivity index (χ0v) is 13.4. The summed E-state index contributed by atoms with van der Waals surface area (Å²) in [6.45, 7) is -1.09. The van der Waals surface area contributed by atoms with Crippen LogP contribution in [0, 0.1) is 0 Å². The van der Waals surface area contributed by atoms with Crippen molar-refractivity contribution in [1.82, 2.24) is 21.2 Å². The van der Waals surface area contributed by atoms with Crippen LogP contribution in [0.15, 0.2) is 24.3 Å². The van der Waals surface area contributed by atoms with Crippen molar-refractivity contribution < 1.29 is 27.9 Å². The van der Waals surface area contributed by atoms with E-state index in [4.69, 9.17) is 17.4 Å². The fraction of sp³-hybridized carbons (Fsp3) is 0.385. The maximum Gasteiger partial charge on any atom is 0.416 e. The van der Waals surface area contributed by atoms with Crippen LogP contribution >= 0.6 is 11.6 Å². The number of nitrogens with one attached hydrogen (secondary N) is 3. The molecule has 138 valence electrons. The summed E-state index contributed by atoms with van der Waals surface area (Å²) in [4.78, 5) is 24.5. The number of β-amino-alcohol motifs (C(OH)–C–C–N with tert-alkyl or cyclic N) is 1. The molecule has 2 unspecified atom stereocenters. The molecule has 25 heavy (non-hydrogen) atoms. The summed E-state index contributed by atoms with van der Waals surface area (Å²) in [5, 5.41) is 9.71. The molecule has 1 aliphatic rings. The van der Waals surface area contributed by atoms with Gasteiger partial charge in [0.1, 0.15) is 5.66 Å². The third-order valence-corrected chi connectivity index (χ3v) is 3.97. The minimum atomic E-state index is -4.94. The van der Waals surface area contributed by atoms with Crippen molar-refractivity contribution in [2.75, 3.05) is 6.54 Å². The molecule has 1 aromatic rings. The normalized spacial score (nSPS) is 21.8. The smallest absolute Gasteiger partial charge is 0.382 e. The fourth-order valence-corrected chi connectivity index (χ4v) is 2.59. The number of hydrogen-bond donors (Lipinski definition) is 5. The van der Waals surface area contributed by atoms with Gasteiger partial charge < -0.3 is 5.11 Å². The van der Waals surface area contributed by atoms with E-state index < -0.39 is 42.8 Å². The Bertz CT molecular complexity index is 657. The molecule has 1 saturated heterocycles. The van der Waals surface area contributed by atoms with Gasteiger partial charge in [-0.2, -0.15) is 13.2 Å². The molecule has 1 aliphatic heterocycles. The summed E-state index contributed by atoms with van der Waals surface area (Å²) in [7, 11) is 0. The average Bonchev–Trinajstić information content (AvgIpc) is 2.84. The lowest BCUT2D eigenvalue weighted by molar-refractivity contribution is -0.208. The summed E-state index contributed by atoms with van der Waals surface area (Å²) in [6, 6.07) is 4.82. The Morgan fingerprint density at radius 3 is 2.52 bits per heavy atom. The lowest BCUT2D eigenvalue weighted by Gasteiger charge is -2.37. The summed E-state index contributed by atoms with van der Waals surface area (Å²) in [5.74, 6) is 4.32. The van der Waals surface area contributed by atoms with E-state index >= 15 is 0 Å². The van der Waals surface area contributed by atoms with Crippen LogP contribution < -0.4 is 22.1 Å². The maximum absolute atomic E-state index is 12.7. The highest BCUT2D eigenvalue weighted by Crippen LogP contribution is 2.34. The van der Waals surface area contributed by atoms with Crippen LogP contribution in [0.4, 0.5) is 18.0 Å². The van der Waals surface area contributed by atoms with Crippen molar-refractivity contribution in [2.45, 2.75) is 24.4 Å². The molecule has 1 heterocycles. The summed E-state index contributed by atoms with van der Waals surface area (Å²) >= 11 is 5.80. The predicted molar refractivity (Wildman–Crippen MR) is 80.5 cm³/mol. The standard InChI is InChI=1S/C13H15ClF3N5O3/c14-8-3-1-7(2-4-8)12(5-10(24)19-18)21-20-11(25)22(12)6-9(23)13(15,16)17/h1-4,9,21,23H,5-6,18H2,(H,19,24)(H,20,25). The molecule has 1 aromatic carbocycles. The zero-order valence-electron chi connectivity index (χ0n) is 12.6. The molecular weight excluding hydrogens is 367 g/mol. The van der Waals surface area contributed by atoms with Crippen LogP contribution in [0.25, 0.3) is 0 Å². The van der Waals surface area contributed by atoms with Crippen LogP contribution in [0.1, 0.15) is 12.0 Å². The van der Waals surface area contributed by atoms with Crippen molar-refractivity contribution in [3.8, 4) is 0 Å².